The summed E-state index contributed by atoms with van der Waals surface area (Å²) in [6.45, 7) is 0. The molecule has 0 radical (unpaired) electrons. The Balaban J connectivity index is 1.22. The number of para-hydroxylation sites is 1. The highest BCUT2D eigenvalue weighted by Gasteiger charge is 2.21. The minimum atomic E-state index is 0.944. The van der Waals surface area contributed by atoms with Gasteiger partial charge in [0.2, 0.25) is 0 Å². The Hall–Kier alpha value is -6.75. The Morgan fingerprint density at radius 3 is 1.85 bits per heavy atom. The maximum atomic E-state index is 5.31. The van der Waals surface area contributed by atoms with Crippen LogP contribution in [0.1, 0.15) is 0 Å². The third-order valence-electron chi connectivity index (χ3n) is 10.5. The molecule has 3 nitrogen and oxygen atoms in total. The monoisotopic (exact) mass is 693 g/mol. The molecule has 0 fully saturated rings. The molecule has 0 bridgehead atoms. The average Bonchev–Trinajstić information content (AvgIpc) is 3.93. The molecule has 0 saturated heterocycles. The van der Waals surface area contributed by atoms with Gasteiger partial charge < -0.3 is 9.13 Å². The normalized spacial score (nSPS) is 11.8. The summed E-state index contributed by atoms with van der Waals surface area (Å²) in [6.07, 6.45) is 2.21. The summed E-state index contributed by atoms with van der Waals surface area (Å²) in [7, 11) is 0. The first-order valence-corrected chi connectivity index (χ1v) is 18.8. The van der Waals surface area contributed by atoms with Crippen LogP contribution in [0.15, 0.2) is 188 Å². The molecule has 0 spiro atoms. The Bertz CT molecular complexity index is 3090. The van der Waals surface area contributed by atoms with Crippen LogP contribution in [0.2, 0.25) is 0 Å². The fraction of sp³-hybridized carbons (Fsp3) is 0. The van der Waals surface area contributed by atoms with Crippen molar-refractivity contribution in [2.24, 2.45) is 0 Å². The van der Waals surface area contributed by atoms with Gasteiger partial charge in [-0.3, -0.25) is 0 Å². The molecular weight excluding hydrogens is 663 g/mol. The van der Waals surface area contributed by atoms with Crippen LogP contribution in [0, 0.1) is 0 Å². The van der Waals surface area contributed by atoms with Crippen molar-refractivity contribution in [3.05, 3.63) is 188 Å². The van der Waals surface area contributed by atoms with E-state index in [9.17, 15) is 0 Å². The number of fused-ring (bicyclic) bond motifs is 9. The molecular formula is C49H31N3S. The number of pyridine rings is 1. The zero-order valence-electron chi connectivity index (χ0n) is 28.6. The van der Waals surface area contributed by atoms with Gasteiger partial charge in [-0.05, 0) is 71.8 Å². The van der Waals surface area contributed by atoms with E-state index in [-0.39, 0.29) is 0 Å². The standard InChI is InChI=1S/C49H31N3S/c1-4-13-32(14-5-1)35-30-42(33-15-6-2-7-16-33)50-43(31-35)34-17-12-20-37(29-34)52-48-38(23-25-44-40(48)27-28-51(44)36-18-8-3-9-19-36)39-24-26-46-47(49(39)52)41-21-10-11-22-45(41)53-46/h1-31H. The van der Waals surface area contributed by atoms with Crippen molar-refractivity contribution in [2.45, 2.75) is 0 Å². The van der Waals surface area contributed by atoms with E-state index in [0.29, 0.717) is 0 Å². The molecule has 4 aromatic heterocycles. The van der Waals surface area contributed by atoms with Crippen LogP contribution in [0.4, 0.5) is 0 Å². The van der Waals surface area contributed by atoms with Gasteiger partial charge in [0.15, 0.2) is 0 Å². The van der Waals surface area contributed by atoms with Crippen molar-refractivity contribution < 1.29 is 0 Å². The first-order chi connectivity index (χ1) is 26.3. The van der Waals surface area contributed by atoms with E-state index in [4.69, 9.17) is 4.98 Å². The van der Waals surface area contributed by atoms with Gasteiger partial charge in [-0.25, -0.2) is 4.98 Å². The molecule has 0 atom stereocenters. The number of aromatic nitrogens is 3. The molecule has 53 heavy (non-hydrogen) atoms. The second kappa shape index (κ2) is 11.9. The Morgan fingerprint density at radius 1 is 0.396 bits per heavy atom. The molecule has 0 N–H and O–H groups in total. The number of nitrogens with zero attached hydrogens (tertiary/aromatic N) is 3. The largest absolute Gasteiger partial charge is 0.316 e. The first-order valence-electron chi connectivity index (χ1n) is 18.0. The van der Waals surface area contributed by atoms with Gasteiger partial charge in [0.1, 0.15) is 0 Å². The molecule has 0 aliphatic heterocycles. The Kier molecular flexibility index (Phi) is 6.73. The summed E-state index contributed by atoms with van der Waals surface area (Å²) in [5.41, 5.74) is 12.3. The van der Waals surface area contributed by atoms with Crippen molar-refractivity contribution in [1.29, 1.82) is 0 Å². The van der Waals surface area contributed by atoms with Crippen LogP contribution in [0.5, 0.6) is 0 Å². The summed E-state index contributed by atoms with van der Waals surface area (Å²) in [4.78, 5) is 5.31. The average molecular weight is 694 g/mol. The van der Waals surface area contributed by atoms with E-state index in [1.807, 2.05) is 11.3 Å². The molecule has 0 aliphatic carbocycles. The Labute approximate surface area is 310 Å². The quantitative estimate of drug-likeness (QED) is 0.176. The molecule has 7 aromatic carbocycles. The van der Waals surface area contributed by atoms with Gasteiger partial charge >= 0.3 is 0 Å². The minimum absolute atomic E-state index is 0.944. The van der Waals surface area contributed by atoms with Gasteiger partial charge in [-0.15, -0.1) is 11.3 Å². The lowest BCUT2D eigenvalue weighted by molar-refractivity contribution is 1.13. The number of thiophene rings is 1. The zero-order chi connectivity index (χ0) is 34.9. The van der Waals surface area contributed by atoms with Gasteiger partial charge in [0, 0.05) is 65.0 Å². The van der Waals surface area contributed by atoms with Crippen molar-refractivity contribution >= 4 is 64.2 Å². The highest BCUT2D eigenvalue weighted by molar-refractivity contribution is 7.26. The molecule has 248 valence electrons. The van der Waals surface area contributed by atoms with Gasteiger partial charge in [-0.1, -0.05) is 121 Å². The lowest BCUT2D eigenvalue weighted by Gasteiger charge is -2.14. The van der Waals surface area contributed by atoms with Crippen LogP contribution >= 0.6 is 11.3 Å². The Morgan fingerprint density at radius 2 is 1.04 bits per heavy atom. The second-order valence-corrected chi connectivity index (χ2v) is 14.7. The lowest BCUT2D eigenvalue weighted by atomic mass is 10.00. The predicted molar refractivity (Wildman–Crippen MR) is 225 cm³/mol. The molecule has 0 unspecified atom stereocenters. The minimum Gasteiger partial charge on any atom is -0.316 e. The van der Waals surface area contributed by atoms with Crippen LogP contribution in [-0.4, -0.2) is 14.1 Å². The second-order valence-electron chi connectivity index (χ2n) is 13.6. The van der Waals surface area contributed by atoms with Gasteiger partial charge in [0.05, 0.1) is 27.9 Å². The van der Waals surface area contributed by atoms with E-state index < -0.39 is 0 Å². The van der Waals surface area contributed by atoms with E-state index >= 15 is 0 Å². The van der Waals surface area contributed by atoms with Crippen LogP contribution in [-0.2, 0) is 0 Å². The van der Waals surface area contributed by atoms with Crippen molar-refractivity contribution in [1.82, 2.24) is 14.1 Å². The third kappa shape index (κ3) is 4.77. The SMILES string of the molecule is c1ccc(-c2cc(-c3ccccc3)nc(-c3cccc(-n4c5c(ccc6c5ccn6-c5ccccc5)c5ccc6sc7ccccc7c6c54)c3)c2)cc1. The maximum Gasteiger partial charge on any atom is 0.0716 e. The molecule has 11 rings (SSSR count). The highest BCUT2D eigenvalue weighted by atomic mass is 32.1. The van der Waals surface area contributed by atoms with E-state index in [0.717, 1.165) is 39.5 Å². The number of rotatable bonds is 5. The smallest absolute Gasteiger partial charge is 0.0716 e. The number of hydrogen-bond acceptors (Lipinski definition) is 2. The molecule has 4 heteroatoms. The fourth-order valence-corrected chi connectivity index (χ4v) is 9.24. The summed E-state index contributed by atoms with van der Waals surface area (Å²) >= 11 is 1.87. The van der Waals surface area contributed by atoms with Crippen molar-refractivity contribution in [3.63, 3.8) is 0 Å². The zero-order valence-corrected chi connectivity index (χ0v) is 29.5. The number of hydrogen-bond donors (Lipinski definition) is 0. The molecule has 0 aliphatic rings. The highest BCUT2D eigenvalue weighted by Crippen LogP contribution is 2.45. The van der Waals surface area contributed by atoms with E-state index in [1.54, 1.807) is 0 Å². The molecule has 11 aromatic rings. The third-order valence-corrected chi connectivity index (χ3v) is 11.7. The molecule has 0 amide bonds. The van der Waals surface area contributed by atoms with E-state index in [1.165, 1.54) is 58.4 Å². The van der Waals surface area contributed by atoms with Gasteiger partial charge in [0.25, 0.3) is 0 Å². The molecule has 0 saturated carbocycles. The predicted octanol–water partition coefficient (Wildman–Crippen LogP) is 13.5. The topological polar surface area (TPSA) is 22.8 Å². The molecule has 4 heterocycles. The summed E-state index contributed by atoms with van der Waals surface area (Å²) < 4.78 is 7.41. The van der Waals surface area contributed by atoms with Crippen LogP contribution < -0.4 is 0 Å². The lowest BCUT2D eigenvalue weighted by Crippen LogP contribution is -1.97. The van der Waals surface area contributed by atoms with Crippen LogP contribution in [0.25, 0.3) is 97.9 Å². The fourth-order valence-electron chi connectivity index (χ4n) is 8.13. The first kappa shape index (κ1) is 29.9. The van der Waals surface area contributed by atoms with Gasteiger partial charge in [-0.2, -0.15) is 0 Å². The maximum absolute atomic E-state index is 5.31. The van der Waals surface area contributed by atoms with Crippen LogP contribution in [0.3, 0.4) is 0 Å². The summed E-state index contributed by atoms with van der Waals surface area (Å²) in [5, 5.41) is 6.32. The summed E-state index contributed by atoms with van der Waals surface area (Å²) in [5.74, 6) is 0. The van der Waals surface area contributed by atoms with Crippen molar-refractivity contribution in [2.75, 3.05) is 0 Å². The van der Waals surface area contributed by atoms with Crippen molar-refractivity contribution in [3.8, 4) is 45.0 Å². The number of benzene rings is 7. The summed E-state index contributed by atoms with van der Waals surface area (Å²) in [6, 6.07) is 65.4. The van der Waals surface area contributed by atoms with E-state index in [2.05, 4.69) is 197 Å².